The summed E-state index contributed by atoms with van der Waals surface area (Å²) in [7, 11) is 0. The van der Waals surface area contributed by atoms with E-state index >= 15 is 0 Å². The summed E-state index contributed by atoms with van der Waals surface area (Å²) in [6.45, 7) is 5.20. The Morgan fingerprint density at radius 2 is 2.38 bits per heavy atom. The number of hydrogen-bond acceptors (Lipinski definition) is 2. The smallest absolute Gasteiger partial charge is 0.314 e. The van der Waals surface area contributed by atoms with Crippen LogP contribution >= 0.6 is 0 Å². The summed E-state index contributed by atoms with van der Waals surface area (Å²) in [6, 6.07) is 8.68. The van der Waals surface area contributed by atoms with Crippen LogP contribution in [0, 0.1) is 11.3 Å². The quantitative estimate of drug-likeness (QED) is 0.785. The number of rotatable bonds is 4. The third kappa shape index (κ3) is 2.12. The molecule has 1 rings (SSSR count). The minimum Gasteiger partial charge on any atom is -0.481 e. The fraction of sp³-hybridized carbons (Fsp3) is 0.231. The Bertz CT molecular complexity index is 459. The first kappa shape index (κ1) is 12.0. The predicted octanol–water partition coefficient (Wildman–Crippen LogP) is 2.48. The van der Waals surface area contributed by atoms with Gasteiger partial charge in [0.1, 0.15) is 0 Å². The lowest BCUT2D eigenvalue weighted by Crippen LogP contribution is -2.31. The van der Waals surface area contributed by atoms with Gasteiger partial charge < -0.3 is 5.11 Å². The number of nitrogens with zero attached hydrogens (tertiary/aromatic N) is 1. The van der Waals surface area contributed by atoms with Crippen molar-refractivity contribution in [3.8, 4) is 6.07 Å². The van der Waals surface area contributed by atoms with Gasteiger partial charge in [0.15, 0.2) is 0 Å². The second-order valence-electron chi connectivity index (χ2n) is 3.82. The zero-order valence-electron chi connectivity index (χ0n) is 9.10. The number of carboxylic acid groups (broad SMARTS) is 1. The number of aliphatic carboxylic acids is 1. The second kappa shape index (κ2) is 4.63. The SMILES string of the molecule is C=CCC(C)(C(=O)O)c1cccc(C#N)c1. The Labute approximate surface area is 94.6 Å². The first-order chi connectivity index (χ1) is 7.54. The highest BCUT2D eigenvalue weighted by Gasteiger charge is 2.33. The van der Waals surface area contributed by atoms with Crippen LogP contribution in [-0.2, 0) is 10.2 Å². The Kier molecular flexibility index (Phi) is 3.47. The van der Waals surface area contributed by atoms with Crippen LogP contribution in [-0.4, -0.2) is 11.1 Å². The molecular weight excluding hydrogens is 202 g/mol. The van der Waals surface area contributed by atoms with Crippen LogP contribution in [0.15, 0.2) is 36.9 Å². The molecule has 0 saturated heterocycles. The maximum absolute atomic E-state index is 11.3. The molecule has 3 heteroatoms. The molecular formula is C13H13NO2. The minimum atomic E-state index is -1.02. The topological polar surface area (TPSA) is 61.1 Å². The maximum atomic E-state index is 11.3. The number of carboxylic acids is 1. The van der Waals surface area contributed by atoms with Gasteiger partial charge in [0.05, 0.1) is 17.0 Å². The van der Waals surface area contributed by atoms with Crippen molar-refractivity contribution in [2.24, 2.45) is 0 Å². The summed E-state index contributed by atoms with van der Waals surface area (Å²) in [5, 5.41) is 18.0. The van der Waals surface area contributed by atoms with Crippen molar-refractivity contribution >= 4 is 5.97 Å². The normalized spacial score (nSPS) is 13.5. The summed E-state index contributed by atoms with van der Waals surface area (Å²) in [5.74, 6) is -0.914. The summed E-state index contributed by atoms with van der Waals surface area (Å²) >= 11 is 0. The van der Waals surface area contributed by atoms with E-state index in [4.69, 9.17) is 5.26 Å². The fourth-order valence-electron chi connectivity index (χ4n) is 1.55. The molecule has 0 heterocycles. The molecule has 16 heavy (non-hydrogen) atoms. The molecule has 1 atom stereocenters. The molecule has 0 bridgehead atoms. The van der Waals surface area contributed by atoms with E-state index in [0.717, 1.165) is 0 Å². The van der Waals surface area contributed by atoms with Crippen molar-refractivity contribution in [1.29, 1.82) is 5.26 Å². The van der Waals surface area contributed by atoms with Crippen molar-refractivity contribution in [2.45, 2.75) is 18.8 Å². The van der Waals surface area contributed by atoms with Crippen LogP contribution in [0.1, 0.15) is 24.5 Å². The zero-order chi connectivity index (χ0) is 12.2. The molecule has 1 aromatic rings. The van der Waals surface area contributed by atoms with Crippen LogP contribution < -0.4 is 0 Å². The van der Waals surface area contributed by atoms with Crippen molar-refractivity contribution in [2.75, 3.05) is 0 Å². The van der Waals surface area contributed by atoms with E-state index in [9.17, 15) is 9.90 Å². The summed E-state index contributed by atoms with van der Waals surface area (Å²) in [6.07, 6.45) is 1.91. The highest BCUT2D eigenvalue weighted by atomic mass is 16.4. The van der Waals surface area contributed by atoms with Gasteiger partial charge in [-0.1, -0.05) is 18.2 Å². The molecule has 1 N–H and O–H groups in total. The third-order valence-electron chi connectivity index (χ3n) is 2.65. The first-order valence-corrected chi connectivity index (χ1v) is 4.89. The maximum Gasteiger partial charge on any atom is 0.314 e. The van der Waals surface area contributed by atoms with Gasteiger partial charge in [-0.05, 0) is 31.0 Å². The number of benzene rings is 1. The van der Waals surface area contributed by atoms with Crippen LogP contribution in [0.3, 0.4) is 0 Å². The average Bonchev–Trinajstić information content (AvgIpc) is 2.29. The lowest BCUT2D eigenvalue weighted by Gasteiger charge is -2.23. The van der Waals surface area contributed by atoms with E-state index in [-0.39, 0.29) is 0 Å². The molecule has 0 spiro atoms. The summed E-state index contributed by atoms with van der Waals surface area (Å²) in [5.41, 5.74) is 0.0715. The highest BCUT2D eigenvalue weighted by molar-refractivity contribution is 5.81. The van der Waals surface area contributed by atoms with Gasteiger partial charge >= 0.3 is 5.97 Å². The van der Waals surface area contributed by atoms with E-state index in [2.05, 4.69) is 6.58 Å². The van der Waals surface area contributed by atoms with Gasteiger partial charge in [0.25, 0.3) is 0 Å². The van der Waals surface area contributed by atoms with Crippen molar-refractivity contribution in [1.82, 2.24) is 0 Å². The monoisotopic (exact) mass is 215 g/mol. The molecule has 0 aliphatic rings. The van der Waals surface area contributed by atoms with E-state index in [1.165, 1.54) is 0 Å². The van der Waals surface area contributed by atoms with Crippen molar-refractivity contribution in [3.05, 3.63) is 48.0 Å². The van der Waals surface area contributed by atoms with Gasteiger partial charge in [-0.3, -0.25) is 4.79 Å². The van der Waals surface area contributed by atoms with E-state index < -0.39 is 11.4 Å². The van der Waals surface area contributed by atoms with Gasteiger partial charge in [0, 0.05) is 0 Å². The van der Waals surface area contributed by atoms with E-state index in [0.29, 0.717) is 17.5 Å². The van der Waals surface area contributed by atoms with Crippen molar-refractivity contribution in [3.63, 3.8) is 0 Å². The Balaban J connectivity index is 3.27. The van der Waals surface area contributed by atoms with Gasteiger partial charge in [-0.25, -0.2) is 0 Å². The average molecular weight is 215 g/mol. The molecule has 0 aromatic heterocycles. The number of allylic oxidation sites excluding steroid dienone is 1. The third-order valence-corrected chi connectivity index (χ3v) is 2.65. The molecule has 0 fully saturated rings. The molecule has 3 nitrogen and oxygen atoms in total. The van der Waals surface area contributed by atoms with Crippen LogP contribution in [0.25, 0.3) is 0 Å². The number of nitriles is 1. The molecule has 0 saturated carbocycles. The molecule has 0 amide bonds. The Hall–Kier alpha value is -2.08. The Morgan fingerprint density at radius 3 is 2.88 bits per heavy atom. The summed E-state index contributed by atoms with van der Waals surface area (Å²) in [4.78, 5) is 11.3. The van der Waals surface area contributed by atoms with Crippen LogP contribution in [0.5, 0.6) is 0 Å². The largest absolute Gasteiger partial charge is 0.481 e. The predicted molar refractivity (Wildman–Crippen MR) is 61.0 cm³/mol. The zero-order valence-corrected chi connectivity index (χ0v) is 9.10. The van der Waals surface area contributed by atoms with E-state index in [1.54, 1.807) is 37.3 Å². The lowest BCUT2D eigenvalue weighted by atomic mass is 9.79. The Morgan fingerprint density at radius 1 is 1.69 bits per heavy atom. The number of hydrogen-bond donors (Lipinski definition) is 1. The minimum absolute atomic E-state index is 0.331. The van der Waals surface area contributed by atoms with Crippen LogP contribution in [0.2, 0.25) is 0 Å². The van der Waals surface area contributed by atoms with Crippen molar-refractivity contribution < 1.29 is 9.90 Å². The standard InChI is InChI=1S/C13H13NO2/c1-3-7-13(2,12(15)16)11-6-4-5-10(8-11)9-14/h3-6,8H,1,7H2,2H3,(H,15,16). The van der Waals surface area contributed by atoms with Gasteiger partial charge in [-0.2, -0.15) is 5.26 Å². The molecule has 0 aliphatic heterocycles. The summed E-state index contributed by atoms with van der Waals surface area (Å²) < 4.78 is 0. The fourth-order valence-corrected chi connectivity index (χ4v) is 1.55. The van der Waals surface area contributed by atoms with E-state index in [1.807, 2.05) is 6.07 Å². The van der Waals surface area contributed by atoms with Gasteiger partial charge in [0.2, 0.25) is 0 Å². The second-order valence-corrected chi connectivity index (χ2v) is 3.82. The molecule has 82 valence electrons. The molecule has 0 aliphatic carbocycles. The number of carbonyl (C=O) groups is 1. The van der Waals surface area contributed by atoms with Crippen LogP contribution in [0.4, 0.5) is 0 Å². The highest BCUT2D eigenvalue weighted by Crippen LogP contribution is 2.28. The first-order valence-electron chi connectivity index (χ1n) is 4.89. The molecule has 0 radical (unpaired) electrons. The van der Waals surface area contributed by atoms with Gasteiger partial charge in [-0.15, -0.1) is 6.58 Å². The lowest BCUT2D eigenvalue weighted by molar-refractivity contribution is -0.143. The molecule has 1 unspecified atom stereocenters. The molecule has 1 aromatic carbocycles.